The summed E-state index contributed by atoms with van der Waals surface area (Å²) in [6.07, 6.45) is 3.93. The molecule has 0 aliphatic carbocycles. The van der Waals surface area contributed by atoms with Crippen LogP contribution in [0.1, 0.15) is 10.6 Å². The van der Waals surface area contributed by atoms with E-state index in [2.05, 4.69) is 5.10 Å². The van der Waals surface area contributed by atoms with Gasteiger partial charge in [-0.15, -0.1) is 11.3 Å². The van der Waals surface area contributed by atoms with Gasteiger partial charge in [-0.05, 0) is 23.6 Å². The molecular formula is C15H14N4O4S. The van der Waals surface area contributed by atoms with E-state index in [1.165, 1.54) is 10.9 Å². The topological polar surface area (TPSA) is 94.4 Å². The van der Waals surface area contributed by atoms with E-state index in [1.54, 1.807) is 34.6 Å². The van der Waals surface area contributed by atoms with E-state index >= 15 is 0 Å². The quantitative estimate of drug-likeness (QED) is 0.484. The molecule has 0 radical (unpaired) electrons. The normalized spacial score (nSPS) is 10.7. The van der Waals surface area contributed by atoms with Gasteiger partial charge in [0.05, 0.1) is 24.3 Å². The van der Waals surface area contributed by atoms with Crippen molar-refractivity contribution in [3.8, 4) is 0 Å². The molecule has 3 aromatic rings. The number of nitro groups is 1. The first kappa shape index (κ1) is 15.9. The van der Waals surface area contributed by atoms with Gasteiger partial charge < -0.3 is 9.32 Å². The Labute approximate surface area is 141 Å². The summed E-state index contributed by atoms with van der Waals surface area (Å²) in [4.78, 5) is 25.4. The largest absolute Gasteiger partial charge is 0.467 e. The van der Waals surface area contributed by atoms with Gasteiger partial charge in [-0.25, -0.2) is 0 Å². The molecule has 0 aromatic carbocycles. The second-order valence-corrected chi connectivity index (χ2v) is 6.09. The lowest BCUT2D eigenvalue weighted by Crippen LogP contribution is -2.32. The van der Waals surface area contributed by atoms with Gasteiger partial charge in [-0.3, -0.25) is 19.6 Å². The molecule has 3 rings (SSSR count). The van der Waals surface area contributed by atoms with Crippen LogP contribution in [0.4, 0.5) is 5.69 Å². The first-order valence-electron chi connectivity index (χ1n) is 7.11. The van der Waals surface area contributed by atoms with Crippen molar-refractivity contribution >= 4 is 22.9 Å². The van der Waals surface area contributed by atoms with Crippen molar-refractivity contribution in [3.63, 3.8) is 0 Å². The zero-order chi connectivity index (χ0) is 16.9. The van der Waals surface area contributed by atoms with Crippen LogP contribution in [0, 0.1) is 10.1 Å². The van der Waals surface area contributed by atoms with E-state index in [1.807, 2.05) is 17.5 Å². The summed E-state index contributed by atoms with van der Waals surface area (Å²) < 4.78 is 6.58. The van der Waals surface area contributed by atoms with Crippen LogP contribution in [-0.2, 0) is 24.4 Å². The van der Waals surface area contributed by atoms with Crippen LogP contribution in [0.5, 0.6) is 0 Å². The Hall–Kier alpha value is -2.94. The summed E-state index contributed by atoms with van der Waals surface area (Å²) in [6.45, 7) is 0.702. The number of carbonyl (C=O) groups is 1. The maximum absolute atomic E-state index is 12.6. The first-order chi connectivity index (χ1) is 11.6. The molecule has 124 valence electrons. The second-order valence-electron chi connectivity index (χ2n) is 5.06. The Morgan fingerprint density at radius 1 is 1.38 bits per heavy atom. The number of rotatable bonds is 7. The highest BCUT2D eigenvalue weighted by molar-refractivity contribution is 7.09. The predicted octanol–water partition coefficient (Wildman–Crippen LogP) is 2.67. The van der Waals surface area contributed by atoms with Gasteiger partial charge in [0.2, 0.25) is 5.91 Å². The first-order valence-corrected chi connectivity index (χ1v) is 7.99. The number of nitrogens with zero attached hydrogens (tertiary/aromatic N) is 4. The summed E-state index contributed by atoms with van der Waals surface area (Å²) in [7, 11) is 0. The third-order valence-corrected chi connectivity index (χ3v) is 4.20. The maximum Gasteiger partial charge on any atom is 0.307 e. The van der Waals surface area contributed by atoms with E-state index in [-0.39, 0.29) is 18.1 Å². The number of hydrogen-bond donors (Lipinski definition) is 0. The smallest absolute Gasteiger partial charge is 0.307 e. The average molecular weight is 346 g/mol. The SMILES string of the molecule is O=C(Cn1cc([N+](=O)[O-])cn1)N(Cc1ccco1)Cc1cccs1. The minimum atomic E-state index is -0.541. The number of thiophene rings is 1. The number of carbonyl (C=O) groups excluding carboxylic acids is 1. The van der Waals surface area contributed by atoms with Crippen molar-refractivity contribution < 1.29 is 14.1 Å². The molecule has 24 heavy (non-hydrogen) atoms. The molecule has 0 fully saturated rings. The Kier molecular flexibility index (Phi) is 4.71. The molecule has 3 heterocycles. The predicted molar refractivity (Wildman–Crippen MR) is 86.2 cm³/mol. The van der Waals surface area contributed by atoms with E-state index in [9.17, 15) is 14.9 Å². The van der Waals surface area contributed by atoms with E-state index in [4.69, 9.17) is 4.42 Å². The average Bonchev–Trinajstić information content (AvgIpc) is 3.29. The van der Waals surface area contributed by atoms with Crippen LogP contribution in [0.15, 0.2) is 52.7 Å². The molecule has 8 nitrogen and oxygen atoms in total. The minimum Gasteiger partial charge on any atom is -0.467 e. The fourth-order valence-electron chi connectivity index (χ4n) is 2.19. The van der Waals surface area contributed by atoms with Gasteiger partial charge in [-0.1, -0.05) is 6.07 Å². The highest BCUT2D eigenvalue weighted by Gasteiger charge is 2.18. The Balaban J connectivity index is 1.72. The van der Waals surface area contributed by atoms with Crippen molar-refractivity contribution in [3.05, 3.63) is 69.1 Å². The van der Waals surface area contributed by atoms with Crippen molar-refractivity contribution in [1.82, 2.24) is 14.7 Å². The molecule has 9 heteroatoms. The molecule has 0 spiro atoms. The lowest BCUT2D eigenvalue weighted by molar-refractivity contribution is -0.385. The summed E-state index contributed by atoms with van der Waals surface area (Å²) in [5, 5.41) is 16.5. The van der Waals surface area contributed by atoms with Gasteiger partial charge >= 0.3 is 5.69 Å². The van der Waals surface area contributed by atoms with Gasteiger partial charge in [0.1, 0.15) is 24.7 Å². The minimum absolute atomic E-state index is 0.0695. The Morgan fingerprint density at radius 3 is 2.88 bits per heavy atom. The van der Waals surface area contributed by atoms with Gasteiger partial charge in [-0.2, -0.15) is 5.10 Å². The molecule has 0 aliphatic rings. The molecule has 0 saturated carbocycles. The molecule has 0 unspecified atom stereocenters. The highest BCUT2D eigenvalue weighted by Crippen LogP contribution is 2.16. The van der Waals surface area contributed by atoms with Gasteiger partial charge in [0.25, 0.3) is 0 Å². The molecule has 3 aromatic heterocycles. The van der Waals surface area contributed by atoms with Crippen LogP contribution in [0.2, 0.25) is 0 Å². The van der Waals surface area contributed by atoms with Crippen LogP contribution in [0.25, 0.3) is 0 Å². The zero-order valence-electron chi connectivity index (χ0n) is 12.6. The number of amides is 1. The second kappa shape index (κ2) is 7.09. The molecule has 0 bridgehead atoms. The highest BCUT2D eigenvalue weighted by atomic mass is 32.1. The monoisotopic (exact) mass is 346 g/mol. The summed E-state index contributed by atoms with van der Waals surface area (Å²) in [5.74, 6) is 0.476. The molecule has 1 amide bonds. The fraction of sp³-hybridized carbons (Fsp3) is 0.200. The van der Waals surface area contributed by atoms with E-state index in [0.717, 1.165) is 11.1 Å². The fourth-order valence-corrected chi connectivity index (χ4v) is 2.90. The standard InChI is InChI=1S/C15H14N4O4S/c20-15(11-18-8-12(7-16-18)19(21)22)17(9-13-3-1-5-23-13)10-14-4-2-6-24-14/h1-8H,9-11H2. The van der Waals surface area contributed by atoms with Crippen LogP contribution in [0.3, 0.4) is 0 Å². The van der Waals surface area contributed by atoms with Crippen molar-refractivity contribution in [2.75, 3.05) is 0 Å². The molecule has 0 N–H and O–H groups in total. The Bertz CT molecular complexity index is 774. The summed E-state index contributed by atoms with van der Waals surface area (Å²) in [6, 6.07) is 7.44. The lowest BCUT2D eigenvalue weighted by Gasteiger charge is -2.21. The molecule has 0 saturated heterocycles. The summed E-state index contributed by atoms with van der Waals surface area (Å²) >= 11 is 1.56. The van der Waals surface area contributed by atoms with Crippen LogP contribution >= 0.6 is 11.3 Å². The van der Waals surface area contributed by atoms with Crippen molar-refractivity contribution in [1.29, 1.82) is 0 Å². The van der Waals surface area contributed by atoms with Crippen LogP contribution < -0.4 is 0 Å². The van der Waals surface area contributed by atoms with Gasteiger partial charge in [0.15, 0.2) is 0 Å². The summed E-state index contributed by atoms with van der Waals surface area (Å²) in [5.41, 5.74) is -0.140. The number of furan rings is 1. The number of aromatic nitrogens is 2. The van der Waals surface area contributed by atoms with Gasteiger partial charge in [0, 0.05) is 4.88 Å². The Morgan fingerprint density at radius 2 is 2.25 bits per heavy atom. The molecular weight excluding hydrogens is 332 g/mol. The molecule has 0 aliphatic heterocycles. The van der Waals surface area contributed by atoms with E-state index < -0.39 is 4.92 Å². The van der Waals surface area contributed by atoms with Crippen molar-refractivity contribution in [2.45, 2.75) is 19.6 Å². The molecule has 0 atom stereocenters. The lowest BCUT2D eigenvalue weighted by atomic mass is 10.3. The van der Waals surface area contributed by atoms with E-state index in [0.29, 0.717) is 18.8 Å². The van der Waals surface area contributed by atoms with Crippen LogP contribution in [-0.4, -0.2) is 25.5 Å². The third-order valence-electron chi connectivity index (χ3n) is 3.33. The number of hydrogen-bond acceptors (Lipinski definition) is 6. The van der Waals surface area contributed by atoms with Crippen molar-refractivity contribution in [2.24, 2.45) is 0 Å². The maximum atomic E-state index is 12.6. The third kappa shape index (κ3) is 3.87. The zero-order valence-corrected chi connectivity index (χ0v) is 13.4.